The molecule has 0 aliphatic rings. The highest BCUT2D eigenvalue weighted by atomic mass is 19.4. The van der Waals surface area contributed by atoms with E-state index in [4.69, 9.17) is 9.84 Å². The second kappa shape index (κ2) is 7.64. The highest BCUT2D eigenvalue weighted by Gasteiger charge is 2.30. The second-order valence-corrected chi connectivity index (χ2v) is 4.14. The van der Waals surface area contributed by atoms with Crippen molar-refractivity contribution in [1.29, 1.82) is 0 Å². The normalized spacial score (nSPS) is 12.4. The molecule has 1 aromatic rings. The summed E-state index contributed by atoms with van der Waals surface area (Å²) in [6.45, 7) is -1.29. The molecule has 1 atom stereocenters. The van der Waals surface area contributed by atoms with Gasteiger partial charge in [-0.25, -0.2) is 4.79 Å². The maximum Gasteiger partial charge on any atom is 0.416 e. The minimum atomic E-state index is -4.52. The number of benzene rings is 1. The number of carbonyl (C=O) groups excluding carboxylic acids is 2. The van der Waals surface area contributed by atoms with Crippen molar-refractivity contribution in [3.63, 3.8) is 0 Å². The fourth-order valence-corrected chi connectivity index (χ4v) is 1.47. The van der Waals surface area contributed by atoms with Crippen molar-refractivity contribution in [3.05, 3.63) is 29.8 Å². The number of esters is 1. The van der Waals surface area contributed by atoms with Crippen LogP contribution < -0.4 is 10.1 Å². The van der Waals surface area contributed by atoms with Gasteiger partial charge >= 0.3 is 12.1 Å². The zero-order valence-electron chi connectivity index (χ0n) is 11.5. The molecule has 0 saturated carbocycles. The van der Waals surface area contributed by atoms with Gasteiger partial charge in [-0.15, -0.1) is 0 Å². The summed E-state index contributed by atoms with van der Waals surface area (Å²) >= 11 is 0. The Balaban J connectivity index is 2.59. The van der Waals surface area contributed by atoms with Gasteiger partial charge in [0, 0.05) is 0 Å². The van der Waals surface area contributed by atoms with E-state index in [1.807, 2.05) is 0 Å². The highest BCUT2D eigenvalue weighted by molar-refractivity contribution is 5.85. The van der Waals surface area contributed by atoms with Gasteiger partial charge in [0.1, 0.15) is 5.75 Å². The van der Waals surface area contributed by atoms with Gasteiger partial charge in [0.15, 0.2) is 12.6 Å². The van der Waals surface area contributed by atoms with Crippen LogP contribution in [-0.2, 0) is 20.5 Å². The van der Waals surface area contributed by atoms with E-state index in [0.29, 0.717) is 0 Å². The number of carbonyl (C=O) groups is 2. The van der Waals surface area contributed by atoms with Gasteiger partial charge < -0.3 is 19.9 Å². The number of aliphatic hydroxyl groups excluding tert-OH is 1. The van der Waals surface area contributed by atoms with Crippen LogP contribution in [0.3, 0.4) is 0 Å². The number of alkyl halides is 3. The minimum absolute atomic E-state index is 0.149. The lowest BCUT2D eigenvalue weighted by Gasteiger charge is -2.14. The summed E-state index contributed by atoms with van der Waals surface area (Å²) in [4.78, 5) is 22.7. The van der Waals surface area contributed by atoms with Crippen LogP contribution in [0.5, 0.6) is 5.75 Å². The number of aliphatic hydroxyl groups is 1. The summed E-state index contributed by atoms with van der Waals surface area (Å²) in [6, 6.07) is 2.75. The standard InChI is InChI=1S/C13H14F3NO5/c1-21-12(20)10(6-18)17-11(19)7-22-9-4-2-3-8(5-9)13(14,15)16/h2-5,10,18H,6-7H2,1H3,(H,17,19)/t10-/m1/s1. The first-order chi connectivity index (χ1) is 10.3. The van der Waals surface area contributed by atoms with E-state index in [0.717, 1.165) is 25.3 Å². The third kappa shape index (κ3) is 5.24. The Bertz CT molecular complexity index is 533. The summed E-state index contributed by atoms with van der Waals surface area (Å²) in [6.07, 6.45) is -4.52. The molecule has 0 aromatic heterocycles. The SMILES string of the molecule is COC(=O)[C@@H](CO)NC(=O)COc1cccc(C(F)(F)F)c1. The fourth-order valence-electron chi connectivity index (χ4n) is 1.47. The van der Waals surface area contributed by atoms with Gasteiger partial charge in [0.2, 0.25) is 0 Å². The Morgan fingerprint density at radius 2 is 2.05 bits per heavy atom. The van der Waals surface area contributed by atoms with Crippen LogP contribution in [0.4, 0.5) is 13.2 Å². The summed E-state index contributed by atoms with van der Waals surface area (Å²) in [7, 11) is 1.08. The lowest BCUT2D eigenvalue weighted by molar-refractivity contribution is -0.146. The molecule has 6 nitrogen and oxygen atoms in total. The first-order valence-corrected chi connectivity index (χ1v) is 6.06. The Morgan fingerprint density at radius 1 is 1.36 bits per heavy atom. The molecule has 0 radical (unpaired) electrons. The van der Waals surface area contributed by atoms with Gasteiger partial charge in [0.05, 0.1) is 19.3 Å². The molecule has 1 amide bonds. The van der Waals surface area contributed by atoms with Crippen molar-refractivity contribution in [1.82, 2.24) is 5.32 Å². The van der Waals surface area contributed by atoms with Crippen LogP contribution in [0.1, 0.15) is 5.56 Å². The maximum atomic E-state index is 12.5. The second-order valence-electron chi connectivity index (χ2n) is 4.14. The quantitative estimate of drug-likeness (QED) is 0.755. The van der Waals surface area contributed by atoms with Crippen molar-refractivity contribution in [2.24, 2.45) is 0 Å². The van der Waals surface area contributed by atoms with E-state index < -0.39 is 42.9 Å². The third-order valence-electron chi connectivity index (χ3n) is 2.53. The van der Waals surface area contributed by atoms with Crippen LogP contribution >= 0.6 is 0 Å². The zero-order chi connectivity index (χ0) is 16.8. The lowest BCUT2D eigenvalue weighted by Crippen LogP contribution is -2.45. The van der Waals surface area contributed by atoms with Crippen molar-refractivity contribution < 1.29 is 37.3 Å². The molecule has 0 heterocycles. The predicted molar refractivity (Wildman–Crippen MR) is 68.0 cm³/mol. The van der Waals surface area contributed by atoms with Gasteiger partial charge in [-0.3, -0.25) is 4.79 Å². The average molecular weight is 321 g/mol. The van der Waals surface area contributed by atoms with E-state index in [1.165, 1.54) is 6.07 Å². The molecule has 122 valence electrons. The van der Waals surface area contributed by atoms with E-state index >= 15 is 0 Å². The number of hydrogen-bond acceptors (Lipinski definition) is 5. The van der Waals surface area contributed by atoms with E-state index in [1.54, 1.807) is 0 Å². The number of halogens is 3. The molecule has 1 aromatic carbocycles. The Morgan fingerprint density at radius 3 is 2.59 bits per heavy atom. The summed E-state index contributed by atoms with van der Waals surface area (Å²) in [5.41, 5.74) is -0.909. The van der Waals surface area contributed by atoms with Crippen LogP contribution in [0, 0.1) is 0 Å². The van der Waals surface area contributed by atoms with E-state index in [2.05, 4.69) is 10.1 Å². The maximum absolute atomic E-state index is 12.5. The molecule has 0 saturated heterocycles. The fraction of sp³-hybridized carbons (Fsp3) is 0.385. The molecule has 0 spiro atoms. The number of hydrogen-bond donors (Lipinski definition) is 2. The molecule has 0 aliphatic carbocycles. The predicted octanol–water partition coefficient (Wildman–Crippen LogP) is 0.734. The highest BCUT2D eigenvalue weighted by Crippen LogP contribution is 2.31. The topological polar surface area (TPSA) is 84.9 Å². The third-order valence-corrected chi connectivity index (χ3v) is 2.53. The Labute approximate surface area is 123 Å². The Hall–Kier alpha value is -2.29. The van der Waals surface area contributed by atoms with Crippen LogP contribution in [0.15, 0.2) is 24.3 Å². The minimum Gasteiger partial charge on any atom is -0.484 e. The first-order valence-electron chi connectivity index (χ1n) is 6.06. The molecule has 0 unspecified atom stereocenters. The Kier molecular flexibility index (Phi) is 6.17. The monoisotopic (exact) mass is 321 g/mol. The van der Waals surface area contributed by atoms with Crippen LogP contribution in [0.25, 0.3) is 0 Å². The van der Waals surface area contributed by atoms with Crippen molar-refractivity contribution in [2.75, 3.05) is 20.3 Å². The van der Waals surface area contributed by atoms with Gasteiger partial charge in [-0.1, -0.05) is 6.07 Å². The van der Waals surface area contributed by atoms with Crippen molar-refractivity contribution in [3.8, 4) is 5.75 Å². The number of nitrogens with one attached hydrogen (secondary N) is 1. The number of methoxy groups -OCH3 is 1. The van der Waals surface area contributed by atoms with Crippen LogP contribution in [-0.4, -0.2) is 43.3 Å². The molecule has 0 bridgehead atoms. The van der Waals surface area contributed by atoms with Crippen molar-refractivity contribution >= 4 is 11.9 Å². The average Bonchev–Trinajstić information content (AvgIpc) is 2.49. The van der Waals surface area contributed by atoms with Gasteiger partial charge in [0.25, 0.3) is 5.91 Å². The number of rotatable bonds is 6. The molecule has 0 aliphatic heterocycles. The molecule has 1 rings (SSSR count). The van der Waals surface area contributed by atoms with Crippen LogP contribution in [0.2, 0.25) is 0 Å². The molecule has 22 heavy (non-hydrogen) atoms. The van der Waals surface area contributed by atoms with Gasteiger partial charge in [-0.05, 0) is 18.2 Å². The zero-order valence-corrected chi connectivity index (χ0v) is 11.5. The molecular weight excluding hydrogens is 307 g/mol. The summed E-state index contributed by atoms with van der Waals surface area (Å²) < 4.78 is 46.8. The van der Waals surface area contributed by atoms with E-state index in [-0.39, 0.29) is 5.75 Å². The molecule has 0 fully saturated rings. The number of amides is 1. The summed E-state index contributed by atoms with van der Waals surface area (Å²) in [5.74, 6) is -1.79. The molecule has 9 heteroatoms. The molecular formula is C13H14F3NO5. The molecule has 2 N–H and O–H groups in total. The lowest BCUT2D eigenvalue weighted by atomic mass is 10.2. The first kappa shape index (κ1) is 17.8. The summed E-state index contributed by atoms with van der Waals surface area (Å²) in [5, 5.41) is 11.0. The number of ether oxygens (including phenoxy) is 2. The van der Waals surface area contributed by atoms with E-state index in [9.17, 15) is 22.8 Å². The largest absolute Gasteiger partial charge is 0.484 e. The smallest absolute Gasteiger partial charge is 0.416 e. The van der Waals surface area contributed by atoms with Crippen molar-refractivity contribution in [2.45, 2.75) is 12.2 Å². The van der Waals surface area contributed by atoms with Gasteiger partial charge in [-0.2, -0.15) is 13.2 Å².